The predicted molar refractivity (Wildman–Crippen MR) is 68.0 cm³/mol. The van der Waals surface area contributed by atoms with E-state index in [1.54, 1.807) is 11.8 Å². The lowest BCUT2D eigenvalue weighted by molar-refractivity contribution is -0.126. The van der Waals surface area contributed by atoms with Gasteiger partial charge in [0, 0.05) is 24.2 Å². The van der Waals surface area contributed by atoms with Gasteiger partial charge >= 0.3 is 0 Å². The maximum absolute atomic E-state index is 11.4. The maximum Gasteiger partial charge on any atom is 0.223 e. The van der Waals surface area contributed by atoms with E-state index in [4.69, 9.17) is 0 Å². The first-order chi connectivity index (χ1) is 7.66. The Balaban J connectivity index is 2.19. The Morgan fingerprint density at radius 2 is 2.31 bits per heavy atom. The SMILES string of the molecule is CC(=O)N1C=C(Br)C=C(C2=CCNCC2)C1. The summed E-state index contributed by atoms with van der Waals surface area (Å²) in [4.78, 5) is 13.1. The number of hydrogen-bond acceptors (Lipinski definition) is 2. The van der Waals surface area contributed by atoms with Gasteiger partial charge in [-0.3, -0.25) is 4.79 Å². The molecule has 0 spiro atoms. The fraction of sp³-hybridized carbons (Fsp3) is 0.417. The number of rotatable bonds is 1. The molecule has 0 saturated carbocycles. The highest BCUT2D eigenvalue weighted by molar-refractivity contribution is 9.11. The van der Waals surface area contributed by atoms with Crippen molar-refractivity contribution in [3.05, 3.63) is 34.0 Å². The van der Waals surface area contributed by atoms with Gasteiger partial charge in [-0.1, -0.05) is 6.08 Å². The van der Waals surface area contributed by atoms with Crippen LogP contribution in [0.1, 0.15) is 13.3 Å². The highest BCUT2D eigenvalue weighted by Gasteiger charge is 2.17. The van der Waals surface area contributed by atoms with Crippen molar-refractivity contribution in [1.29, 1.82) is 0 Å². The smallest absolute Gasteiger partial charge is 0.223 e. The Morgan fingerprint density at radius 3 is 2.94 bits per heavy atom. The van der Waals surface area contributed by atoms with E-state index in [1.165, 1.54) is 11.1 Å². The van der Waals surface area contributed by atoms with Crippen molar-refractivity contribution in [1.82, 2.24) is 10.2 Å². The second-order valence-electron chi connectivity index (χ2n) is 4.01. The predicted octanol–water partition coefficient (Wildman–Crippen LogP) is 1.93. The molecule has 2 aliphatic rings. The number of carbonyl (C=O) groups is 1. The Labute approximate surface area is 104 Å². The lowest BCUT2D eigenvalue weighted by Gasteiger charge is -2.26. The molecule has 86 valence electrons. The molecule has 2 aliphatic heterocycles. The first kappa shape index (κ1) is 11.6. The minimum absolute atomic E-state index is 0.0806. The summed E-state index contributed by atoms with van der Waals surface area (Å²) in [7, 11) is 0. The molecule has 0 aliphatic carbocycles. The third-order valence-electron chi connectivity index (χ3n) is 2.81. The minimum atomic E-state index is 0.0806. The van der Waals surface area contributed by atoms with Crippen LogP contribution in [0.3, 0.4) is 0 Å². The lowest BCUT2D eigenvalue weighted by Crippen LogP contribution is -2.29. The van der Waals surface area contributed by atoms with Crippen LogP contribution in [-0.2, 0) is 4.79 Å². The molecule has 0 aromatic rings. The van der Waals surface area contributed by atoms with Crippen molar-refractivity contribution in [2.75, 3.05) is 19.6 Å². The van der Waals surface area contributed by atoms with Crippen molar-refractivity contribution < 1.29 is 4.79 Å². The molecule has 0 aromatic heterocycles. The van der Waals surface area contributed by atoms with Crippen molar-refractivity contribution in [2.45, 2.75) is 13.3 Å². The molecule has 0 saturated heterocycles. The van der Waals surface area contributed by atoms with Gasteiger partial charge in [0.05, 0.1) is 6.54 Å². The van der Waals surface area contributed by atoms with Crippen molar-refractivity contribution in [3.63, 3.8) is 0 Å². The van der Waals surface area contributed by atoms with Gasteiger partial charge in [-0.15, -0.1) is 0 Å². The van der Waals surface area contributed by atoms with E-state index >= 15 is 0 Å². The van der Waals surface area contributed by atoms with E-state index in [0.717, 1.165) is 24.0 Å². The van der Waals surface area contributed by atoms with Gasteiger partial charge in [0.25, 0.3) is 0 Å². The summed E-state index contributed by atoms with van der Waals surface area (Å²) < 4.78 is 0.961. The maximum atomic E-state index is 11.4. The molecule has 0 radical (unpaired) electrons. The van der Waals surface area contributed by atoms with E-state index in [9.17, 15) is 4.79 Å². The largest absolute Gasteiger partial charge is 0.314 e. The second kappa shape index (κ2) is 4.97. The molecule has 0 atom stereocenters. The number of amides is 1. The van der Waals surface area contributed by atoms with Gasteiger partial charge in [0.1, 0.15) is 0 Å². The van der Waals surface area contributed by atoms with Gasteiger partial charge in [-0.05, 0) is 46.1 Å². The first-order valence-electron chi connectivity index (χ1n) is 5.42. The summed E-state index contributed by atoms with van der Waals surface area (Å²) in [5.41, 5.74) is 2.60. The van der Waals surface area contributed by atoms with Gasteiger partial charge in [-0.2, -0.15) is 0 Å². The van der Waals surface area contributed by atoms with Crippen LogP contribution in [0.5, 0.6) is 0 Å². The van der Waals surface area contributed by atoms with Gasteiger partial charge in [-0.25, -0.2) is 0 Å². The van der Waals surface area contributed by atoms with Crippen LogP contribution in [0.2, 0.25) is 0 Å². The second-order valence-corrected chi connectivity index (χ2v) is 4.93. The fourth-order valence-corrected chi connectivity index (χ4v) is 2.46. The van der Waals surface area contributed by atoms with Gasteiger partial charge < -0.3 is 10.2 Å². The van der Waals surface area contributed by atoms with Crippen LogP contribution in [0.4, 0.5) is 0 Å². The highest BCUT2D eigenvalue weighted by Crippen LogP contribution is 2.25. The van der Waals surface area contributed by atoms with E-state index in [2.05, 4.69) is 33.4 Å². The summed E-state index contributed by atoms with van der Waals surface area (Å²) in [5.74, 6) is 0.0806. The van der Waals surface area contributed by atoms with Crippen LogP contribution in [0.15, 0.2) is 34.0 Å². The number of nitrogens with zero attached hydrogens (tertiary/aromatic N) is 1. The molecule has 1 N–H and O–H groups in total. The molecule has 0 unspecified atom stereocenters. The van der Waals surface area contributed by atoms with E-state index in [-0.39, 0.29) is 5.91 Å². The Kier molecular flexibility index (Phi) is 3.61. The molecule has 4 heteroatoms. The lowest BCUT2D eigenvalue weighted by atomic mass is 9.98. The van der Waals surface area contributed by atoms with Crippen molar-refractivity contribution in [2.24, 2.45) is 0 Å². The molecule has 0 bridgehead atoms. The molecule has 1 amide bonds. The van der Waals surface area contributed by atoms with Crippen LogP contribution in [0.25, 0.3) is 0 Å². The van der Waals surface area contributed by atoms with E-state index < -0.39 is 0 Å². The molecule has 0 aromatic carbocycles. The zero-order chi connectivity index (χ0) is 11.5. The molecule has 16 heavy (non-hydrogen) atoms. The number of hydrogen-bond donors (Lipinski definition) is 1. The highest BCUT2D eigenvalue weighted by atomic mass is 79.9. The molecule has 0 fully saturated rings. The van der Waals surface area contributed by atoms with Gasteiger partial charge in [0.15, 0.2) is 0 Å². The number of halogens is 1. The van der Waals surface area contributed by atoms with Crippen molar-refractivity contribution in [3.8, 4) is 0 Å². The third kappa shape index (κ3) is 2.62. The third-order valence-corrected chi connectivity index (χ3v) is 3.25. The van der Waals surface area contributed by atoms with Gasteiger partial charge in [0.2, 0.25) is 5.91 Å². The number of nitrogens with one attached hydrogen (secondary N) is 1. The minimum Gasteiger partial charge on any atom is -0.314 e. The van der Waals surface area contributed by atoms with Crippen molar-refractivity contribution >= 4 is 21.8 Å². The number of carbonyl (C=O) groups excluding carboxylic acids is 1. The topological polar surface area (TPSA) is 32.3 Å². The average Bonchev–Trinajstić information content (AvgIpc) is 2.29. The van der Waals surface area contributed by atoms with E-state index in [1.807, 2.05) is 6.20 Å². The zero-order valence-electron chi connectivity index (χ0n) is 9.29. The summed E-state index contributed by atoms with van der Waals surface area (Å²) >= 11 is 3.45. The summed E-state index contributed by atoms with van der Waals surface area (Å²) in [5, 5.41) is 3.29. The fourth-order valence-electron chi connectivity index (χ4n) is 1.94. The quantitative estimate of drug-likeness (QED) is 0.797. The Morgan fingerprint density at radius 1 is 1.50 bits per heavy atom. The van der Waals surface area contributed by atoms with Crippen LogP contribution < -0.4 is 5.32 Å². The molecular weight excluding hydrogens is 268 g/mol. The van der Waals surface area contributed by atoms with Crippen LogP contribution in [0, 0.1) is 0 Å². The molecule has 2 heterocycles. The Bertz CT molecular complexity index is 396. The normalized spacial score (nSPS) is 21.1. The zero-order valence-corrected chi connectivity index (χ0v) is 10.9. The van der Waals surface area contributed by atoms with Crippen LogP contribution in [-0.4, -0.2) is 30.4 Å². The molecule has 3 nitrogen and oxygen atoms in total. The molecule has 2 rings (SSSR count). The first-order valence-corrected chi connectivity index (χ1v) is 6.21. The summed E-state index contributed by atoms with van der Waals surface area (Å²) in [6.45, 7) is 4.23. The Hall–Kier alpha value is -0.870. The summed E-state index contributed by atoms with van der Waals surface area (Å²) in [6, 6.07) is 0. The number of allylic oxidation sites excluding steroid dienone is 2. The van der Waals surface area contributed by atoms with Crippen LogP contribution >= 0.6 is 15.9 Å². The monoisotopic (exact) mass is 282 g/mol. The average molecular weight is 283 g/mol. The van der Waals surface area contributed by atoms with E-state index in [0.29, 0.717) is 6.54 Å². The summed E-state index contributed by atoms with van der Waals surface area (Å²) in [6.07, 6.45) is 7.20. The molecular formula is C12H15BrN2O. The standard InChI is InChI=1S/C12H15BrN2O/c1-9(16)15-7-11(6-12(13)8-15)10-2-4-14-5-3-10/h2,6,8,14H,3-5,7H2,1H3.